The fraction of sp³-hybridized carbons (Fsp3) is 0.200. The molecule has 0 saturated heterocycles. The molecule has 0 saturated carbocycles. The minimum absolute atomic E-state index is 0.117. The van der Waals surface area contributed by atoms with Gasteiger partial charge in [0, 0.05) is 28.9 Å². The summed E-state index contributed by atoms with van der Waals surface area (Å²) in [5, 5.41) is 19.3. The lowest BCUT2D eigenvalue weighted by atomic mass is 9.96. The van der Waals surface area contributed by atoms with Gasteiger partial charge in [-0.1, -0.05) is 44.2 Å². The van der Waals surface area contributed by atoms with Gasteiger partial charge in [-0.2, -0.15) is 9.78 Å². The first-order valence-electron chi connectivity index (χ1n) is 14.6. The maximum atomic E-state index is 13.9. The van der Waals surface area contributed by atoms with Crippen LogP contribution >= 0.6 is 0 Å². The van der Waals surface area contributed by atoms with Crippen molar-refractivity contribution in [2.75, 3.05) is 19.0 Å². The van der Waals surface area contributed by atoms with Gasteiger partial charge in [-0.25, -0.2) is 4.98 Å². The second-order valence-corrected chi connectivity index (χ2v) is 11.0. The van der Waals surface area contributed by atoms with Crippen molar-refractivity contribution in [3.63, 3.8) is 0 Å². The molecule has 11 heteroatoms. The summed E-state index contributed by atoms with van der Waals surface area (Å²) in [5.41, 5.74) is 3.99. The van der Waals surface area contributed by atoms with Crippen LogP contribution in [0.4, 0.5) is 11.4 Å². The molecule has 5 aromatic rings. The van der Waals surface area contributed by atoms with Crippen molar-refractivity contribution in [3.8, 4) is 22.9 Å². The zero-order chi connectivity index (χ0) is 33.0. The summed E-state index contributed by atoms with van der Waals surface area (Å²) in [5.74, 6) is 0.877. The van der Waals surface area contributed by atoms with E-state index in [1.165, 1.54) is 29.1 Å². The van der Waals surface area contributed by atoms with Crippen LogP contribution in [0, 0.1) is 24.0 Å². The van der Waals surface area contributed by atoms with Gasteiger partial charge in [-0.05, 0) is 72.9 Å². The van der Waals surface area contributed by atoms with Gasteiger partial charge in [-0.15, -0.1) is 0 Å². The smallest absolute Gasteiger partial charge is 0.282 e. The SMILES string of the molecule is COc1cc(C)c(-c2nc3ccccc3c(=O)n2N=Cc2cc([N+](=O)[O-])ccc2OCC(=O)Nc2ccccc2C)cc1C(C)C. The molecule has 0 fully saturated rings. The second kappa shape index (κ2) is 13.4. The number of nitrogens with zero attached hydrogens (tertiary/aromatic N) is 4. The number of methoxy groups -OCH3 is 1. The highest BCUT2D eigenvalue weighted by atomic mass is 16.6. The van der Waals surface area contributed by atoms with E-state index in [9.17, 15) is 19.7 Å². The molecule has 0 atom stereocenters. The molecule has 5 rings (SSSR count). The Morgan fingerprint density at radius 1 is 1.02 bits per heavy atom. The van der Waals surface area contributed by atoms with Crippen LogP contribution in [0.1, 0.15) is 42.0 Å². The maximum absolute atomic E-state index is 13.9. The first-order chi connectivity index (χ1) is 22.1. The van der Waals surface area contributed by atoms with E-state index in [1.807, 2.05) is 58.0 Å². The Labute approximate surface area is 265 Å². The van der Waals surface area contributed by atoms with Crippen LogP contribution in [0.25, 0.3) is 22.3 Å². The van der Waals surface area contributed by atoms with E-state index in [-0.39, 0.29) is 35.3 Å². The van der Waals surface area contributed by atoms with Gasteiger partial charge >= 0.3 is 0 Å². The Hall–Kier alpha value is -5.84. The van der Waals surface area contributed by atoms with Crippen LogP contribution in [0.5, 0.6) is 11.5 Å². The van der Waals surface area contributed by atoms with Crippen LogP contribution in [-0.4, -0.2) is 40.4 Å². The molecular formula is C35H33N5O6. The fourth-order valence-corrected chi connectivity index (χ4v) is 5.02. The first-order valence-corrected chi connectivity index (χ1v) is 14.6. The highest BCUT2D eigenvalue weighted by molar-refractivity contribution is 5.93. The van der Waals surface area contributed by atoms with Gasteiger partial charge in [-0.3, -0.25) is 19.7 Å². The predicted octanol–water partition coefficient (Wildman–Crippen LogP) is 6.62. The van der Waals surface area contributed by atoms with Gasteiger partial charge in [0.1, 0.15) is 11.5 Å². The van der Waals surface area contributed by atoms with Crippen molar-refractivity contribution >= 4 is 34.4 Å². The minimum atomic E-state index is -0.546. The van der Waals surface area contributed by atoms with E-state index in [0.29, 0.717) is 22.2 Å². The topological polar surface area (TPSA) is 138 Å². The number of anilines is 1. The predicted molar refractivity (Wildman–Crippen MR) is 178 cm³/mol. The van der Waals surface area contributed by atoms with Crippen LogP contribution in [0.3, 0.4) is 0 Å². The average molecular weight is 620 g/mol. The maximum Gasteiger partial charge on any atom is 0.282 e. The molecule has 1 amide bonds. The number of rotatable bonds is 10. The zero-order valence-corrected chi connectivity index (χ0v) is 26.1. The van der Waals surface area contributed by atoms with E-state index >= 15 is 0 Å². The van der Waals surface area contributed by atoms with Crippen molar-refractivity contribution < 1.29 is 19.2 Å². The van der Waals surface area contributed by atoms with E-state index in [2.05, 4.69) is 10.4 Å². The number of hydrogen-bond acceptors (Lipinski definition) is 8. The Balaban J connectivity index is 1.59. The third-order valence-corrected chi connectivity index (χ3v) is 7.49. The monoisotopic (exact) mass is 619 g/mol. The normalized spacial score (nSPS) is 11.3. The molecule has 0 bridgehead atoms. The molecule has 46 heavy (non-hydrogen) atoms. The molecule has 0 aliphatic rings. The Morgan fingerprint density at radius 2 is 1.76 bits per heavy atom. The highest BCUT2D eigenvalue weighted by Crippen LogP contribution is 2.34. The highest BCUT2D eigenvalue weighted by Gasteiger charge is 2.19. The van der Waals surface area contributed by atoms with E-state index < -0.39 is 16.4 Å². The molecule has 1 heterocycles. The number of carbonyl (C=O) groups excluding carboxylic acids is 1. The number of aryl methyl sites for hydroxylation is 2. The third-order valence-electron chi connectivity index (χ3n) is 7.49. The lowest BCUT2D eigenvalue weighted by molar-refractivity contribution is -0.384. The summed E-state index contributed by atoms with van der Waals surface area (Å²) >= 11 is 0. The molecule has 4 aromatic carbocycles. The van der Waals surface area contributed by atoms with Crippen molar-refractivity contribution in [3.05, 3.63) is 122 Å². The second-order valence-electron chi connectivity index (χ2n) is 11.0. The number of nitro benzene ring substituents is 1. The fourth-order valence-electron chi connectivity index (χ4n) is 5.02. The average Bonchev–Trinajstić information content (AvgIpc) is 3.04. The number of fused-ring (bicyclic) bond motifs is 1. The van der Waals surface area contributed by atoms with Crippen LogP contribution < -0.4 is 20.3 Å². The van der Waals surface area contributed by atoms with Crippen LogP contribution in [0.15, 0.2) is 88.8 Å². The zero-order valence-electron chi connectivity index (χ0n) is 26.1. The van der Waals surface area contributed by atoms with Crippen molar-refractivity contribution in [2.45, 2.75) is 33.6 Å². The molecule has 0 aliphatic heterocycles. The Bertz CT molecular complexity index is 2050. The van der Waals surface area contributed by atoms with Crippen LogP contribution in [0.2, 0.25) is 0 Å². The van der Waals surface area contributed by atoms with Gasteiger partial charge in [0.2, 0.25) is 0 Å². The van der Waals surface area contributed by atoms with Crippen molar-refractivity contribution in [1.82, 2.24) is 9.66 Å². The summed E-state index contributed by atoms with van der Waals surface area (Å²) in [4.78, 5) is 42.5. The molecular weight excluding hydrogens is 586 g/mol. The standard InChI is InChI=1S/C35H33N5O6/c1-21(2)27-18-28(23(4)16-32(27)45-5)34-38-30-13-9-7-11-26(30)35(42)39(34)36-19-24-17-25(40(43)44)14-15-31(24)46-20-33(41)37-29-12-8-6-10-22(29)3/h6-19,21H,20H2,1-5H3,(H,37,41). The van der Waals surface area contributed by atoms with Crippen LogP contribution in [-0.2, 0) is 4.79 Å². The number of nitrogens with one attached hydrogen (secondary N) is 1. The number of aromatic nitrogens is 2. The summed E-state index contributed by atoms with van der Waals surface area (Å²) in [7, 11) is 1.61. The van der Waals surface area contributed by atoms with Gasteiger partial charge < -0.3 is 14.8 Å². The van der Waals surface area contributed by atoms with E-state index in [0.717, 1.165) is 22.4 Å². The summed E-state index contributed by atoms with van der Waals surface area (Å²) in [6.45, 7) is 7.49. The largest absolute Gasteiger partial charge is 0.496 e. The van der Waals surface area contributed by atoms with Crippen molar-refractivity contribution in [2.24, 2.45) is 5.10 Å². The number of hydrogen-bond donors (Lipinski definition) is 1. The third kappa shape index (κ3) is 6.63. The lowest BCUT2D eigenvalue weighted by Crippen LogP contribution is -2.21. The molecule has 0 unspecified atom stereocenters. The van der Waals surface area contributed by atoms with Gasteiger partial charge in [0.05, 0.1) is 29.2 Å². The lowest BCUT2D eigenvalue weighted by Gasteiger charge is -2.17. The number of para-hydroxylation sites is 2. The quantitative estimate of drug-likeness (QED) is 0.105. The van der Waals surface area contributed by atoms with Gasteiger partial charge in [0.15, 0.2) is 12.4 Å². The van der Waals surface area contributed by atoms with Crippen molar-refractivity contribution in [1.29, 1.82) is 0 Å². The number of amides is 1. The first kappa shape index (κ1) is 31.6. The number of non-ortho nitro benzene ring substituents is 1. The molecule has 0 radical (unpaired) electrons. The molecule has 234 valence electrons. The summed E-state index contributed by atoms with van der Waals surface area (Å²) in [6, 6.07) is 22.1. The number of benzene rings is 4. The molecule has 0 spiro atoms. The molecule has 1 aromatic heterocycles. The number of ether oxygens (including phenoxy) is 2. The summed E-state index contributed by atoms with van der Waals surface area (Å²) < 4.78 is 12.6. The van der Waals surface area contributed by atoms with Gasteiger partial charge in [0.25, 0.3) is 17.2 Å². The molecule has 11 nitrogen and oxygen atoms in total. The molecule has 1 N–H and O–H groups in total. The Kier molecular flexibility index (Phi) is 9.22. The summed E-state index contributed by atoms with van der Waals surface area (Å²) in [6.07, 6.45) is 1.30. The number of nitro groups is 1. The Morgan fingerprint density at radius 3 is 2.48 bits per heavy atom. The number of carbonyl (C=O) groups is 1. The minimum Gasteiger partial charge on any atom is -0.496 e. The van der Waals surface area contributed by atoms with E-state index in [1.54, 1.807) is 37.4 Å². The molecule has 0 aliphatic carbocycles. The van der Waals surface area contributed by atoms with E-state index in [4.69, 9.17) is 14.5 Å².